The molecule has 0 aliphatic carbocycles. The van der Waals surface area contributed by atoms with Crippen LogP contribution in [0.1, 0.15) is 26.2 Å². The van der Waals surface area contributed by atoms with Crippen molar-refractivity contribution >= 4 is 22.2 Å². The number of ether oxygens (including phenoxy) is 1. The van der Waals surface area contributed by atoms with Crippen molar-refractivity contribution in [2.75, 3.05) is 11.9 Å². The molecule has 1 N–H and O–H groups in total. The summed E-state index contributed by atoms with van der Waals surface area (Å²) in [5.74, 6) is -0.386. The van der Waals surface area contributed by atoms with Crippen LogP contribution in [0.3, 0.4) is 0 Å². The fraction of sp³-hybridized carbons (Fsp3) is 0.250. The molecular weight excluding hydrogens is 354 g/mol. The monoisotopic (exact) mass is 374 g/mol. The van der Waals surface area contributed by atoms with Crippen LogP contribution in [0.5, 0.6) is 5.75 Å². The first-order valence-corrected chi connectivity index (χ1v) is 9.44. The van der Waals surface area contributed by atoms with E-state index in [4.69, 9.17) is 4.74 Å². The Morgan fingerprint density at radius 2 is 1.88 bits per heavy atom. The zero-order chi connectivity index (χ0) is 18.4. The third-order valence-electron chi connectivity index (χ3n) is 3.83. The van der Waals surface area contributed by atoms with Gasteiger partial charge in [-0.1, -0.05) is 19.8 Å². The van der Waals surface area contributed by atoms with Crippen molar-refractivity contribution in [1.82, 2.24) is 4.98 Å². The summed E-state index contributed by atoms with van der Waals surface area (Å²) in [4.78, 5) is 4.37. The summed E-state index contributed by atoms with van der Waals surface area (Å²) in [5, 5.41) is 5.56. The Labute approximate surface area is 155 Å². The summed E-state index contributed by atoms with van der Waals surface area (Å²) in [7, 11) is 0. The number of anilines is 2. The van der Waals surface area contributed by atoms with Gasteiger partial charge in [-0.3, -0.25) is 0 Å². The van der Waals surface area contributed by atoms with E-state index in [1.54, 1.807) is 5.38 Å². The minimum Gasteiger partial charge on any atom is -0.494 e. The van der Waals surface area contributed by atoms with E-state index in [-0.39, 0.29) is 5.56 Å². The van der Waals surface area contributed by atoms with Crippen molar-refractivity contribution in [3.05, 3.63) is 59.5 Å². The lowest BCUT2D eigenvalue weighted by Gasteiger charge is -2.07. The van der Waals surface area contributed by atoms with Crippen LogP contribution in [-0.2, 0) is 0 Å². The number of nitrogens with one attached hydrogen (secondary N) is 1. The zero-order valence-electron chi connectivity index (χ0n) is 14.5. The van der Waals surface area contributed by atoms with Gasteiger partial charge in [0.1, 0.15) is 17.4 Å². The second-order valence-corrected chi connectivity index (χ2v) is 6.73. The van der Waals surface area contributed by atoms with Gasteiger partial charge in [0.2, 0.25) is 0 Å². The van der Waals surface area contributed by atoms with Gasteiger partial charge in [-0.25, -0.2) is 13.8 Å². The van der Waals surface area contributed by atoms with Crippen molar-refractivity contribution in [3.8, 4) is 17.0 Å². The second kappa shape index (κ2) is 8.76. The van der Waals surface area contributed by atoms with E-state index in [9.17, 15) is 8.78 Å². The molecule has 0 unspecified atom stereocenters. The maximum absolute atomic E-state index is 13.9. The molecule has 0 saturated carbocycles. The molecule has 0 saturated heterocycles. The molecule has 0 aliphatic heterocycles. The third kappa shape index (κ3) is 4.79. The summed E-state index contributed by atoms with van der Waals surface area (Å²) in [5.41, 5.74) is 1.63. The highest BCUT2D eigenvalue weighted by atomic mass is 32.1. The van der Waals surface area contributed by atoms with Gasteiger partial charge in [0.05, 0.1) is 12.3 Å². The fourth-order valence-corrected chi connectivity index (χ4v) is 3.18. The smallest absolute Gasteiger partial charge is 0.187 e. The lowest BCUT2D eigenvalue weighted by Crippen LogP contribution is -1.97. The average molecular weight is 374 g/mol. The number of benzene rings is 2. The van der Waals surface area contributed by atoms with Crippen LogP contribution in [0.2, 0.25) is 0 Å². The van der Waals surface area contributed by atoms with E-state index in [1.807, 2.05) is 24.3 Å². The Hall–Kier alpha value is -2.47. The lowest BCUT2D eigenvalue weighted by molar-refractivity contribution is 0.306. The van der Waals surface area contributed by atoms with Crippen molar-refractivity contribution in [2.45, 2.75) is 26.2 Å². The molecule has 0 radical (unpaired) electrons. The molecule has 3 rings (SSSR count). The van der Waals surface area contributed by atoms with Gasteiger partial charge in [0.15, 0.2) is 5.13 Å². The minimum absolute atomic E-state index is 0.284. The minimum atomic E-state index is -0.619. The molecule has 0 bridgehead atoms. The summed E-state index contributed by atoms with van der Waals surface area (Å²) >= 11 is 1.36. The topological polar surface area (TPSA) is 34.1 Å². The van der Waals surface area contributed by atoms with Gasteiger partial charge in [-0.15, -0.1) is 11.3 Å². The Kier molecular flexibility index (Phi) is 6.17. The molecule has 1 aromatic heterocycles. The third-order valence-corrected chi connectivity index (χ3v) is 4.59. The molecule has 0 amide bonds. The Bertz CT molecular complexity index is 849. The Morgan fingerprint density at radius 1 is 1.08 bits per heavy atom. The highest BCUT2D eigenvalue weighted by Crippen LogP contribution is 2.29. The van der Waals surface area contributed by atoms with E-state index in [0.717, 1.165) is 30.5 Å². The normalized spacial score (nSPS) is 10.7. The lowest BCUT2D eigenvalue weighted by atomic mass is 10.1. The van der Waals surface area contributed by atoms with Gasteiger partial charge in [-0.05, 0) is 42.8 Å². The number of halogens is 2. The van der Waals surface area contributed by atoms with Crippen LogP contribution in [0, 0.1) is 11.6 Å². The predicted octanol–water partition coefficient (Wildman–Crippen LogP) is 6.40. The molecule has 3 nitrogen and oxygen atoms in total. The van der Waals surface area contributed by atoms with Crippen molar-refractivity contribution in [1.29, 1.82) is 0 Å². The molecule has 26 heavy (non-hydrogen) atoms. The molecule has 2 aromatic carbocycles. The van der Waals surface area contributed by atoms with Crippen LogP contribution in [0.4, 0.5) is 19.6 Å². The SMILES string of the molecule is CCCCCOc1ccc(Nc2nc(-c3ccc(F)cc3F)cs2)cc1. The number of unbranched alkanes of at least 4 members (excludes halogenated alkanes) is 2. The van der Waals surface area contributed by atoms with E-state index < -0.39 is 11.6 Å². The van der Waals surface area contributed by atoms with Gasteiger partial charge in [0.25, 0.3) is 0 Å². The summed E-state index contributed by atoms with van der Waals surface area (Å²) in [6.07, 6.45) is 3.39. The van der Waals surface area contributed by atoms with Crippen LogP contribution in [0.15, 0.2) is 47.8 Å². The van der Waals surface area contributed by atoms with Crippen LogP contribution >= 0.6 is 11.3 Å². The molecule has 136 valence electrons. The highest BCUT2D eigenvalue weighted by molar-refractivity contribution is 7.14. The average Bonchev–Trinajstić information content (AvgIpc) is 3.08. The number of hydrogen-bond donors (Lipinski definition) is 1. The molecule has 0 aliphatic rings. The van der Waals surface area contributed by atoms with Crippen molar-refractivity contribution in [3.63, 3.8) is 0 Å². The van der Waals surface area contributed by atoms with Gasteiger partial charge in [-0.2, -0.15) is 0 Å². The standard InChI is InChI=1S/C20H20F2N2OS/c1-2-3-4-11-25-16-8-6-15(7-9-16)23-20-24-19(13-26-20)17-10-5-14(21)12-18(17)22/h5-10,12-13H,2-4,11H2,1H3,(H,23,24). The number of rotatable bonds is 8. The summed E-state index contributed by atoms with van der Waals surface area (Å²) < 4.78 is 32.6. The fourth-order valence-electron chi connectivity index (χ4n) is 2.45. The Balaban J connectivity index is 1.62. The van der Waals surface area contributed by atoms with E-state index in [0.29, 0.717) is 10.8 Å². The van der Waals surface area contributed by atoms with Crippen LogP contribution in [-0.4, -0.2) is 11.6 Å². The first-order chi connectivity index (χ1) is 12.7. The first kappa shape index (κ1) is 18.3. The second-order valence-electron chi connectivity index (χ2n) is 5.87. The Morgan fingerprint density at radius 3 is 2.62 bits per heavy atom. The van der Waals surface area contributed by atoms with Crippen molar-refractivity contribution in [2.24, 2.45) is 0 Å². The predicted molar refractivity (Wildman–Crippen MR) is 102 cm³/mol. The maximum Gasteiger partial charge on any atom is 0.187 e. The van der Waals surface area contributed by atoms with Crippen molar-refractivity contribution < 1.29 is 13.5 Å². The molecule has 0 fully saturated rings. The molecule has 3 aromatic rings. The first-order valence-electron chi connectivity index (χ1n) is 8.56. The molecule has 1 heterocycles. The van der Waals surface area contributed by atoms with E-state index in [2.05, 4.69) is 17.2 Å². The number of aromatic nitrogens is 1. The molecular formula is C20H20F2N2OS. The number of thiazole rings is 1. The van der Waals surface area contributed by atoms with Gasteiger partial charge < -0.3 is 10.1 Å². The largest absolute Gasteiger partial charge is 0.494 e. The maximum atomic E-state index is 13.9. The van der Waals surface area contributed by atoms with Crippen LogP contribution < -0.4 is 10.1 Å². The summed E-state index contributed by atoms with van der Waals surface area (Å²) in [6, 6.07) is 11.1. The molecule has 0 spiro atoms. The molecule has 0 atom stereocenters. The van der Waals surface area contributed by atoms with Crippen LogP contribution in [0.25, 0.3) is 11.3 Å². The highest BCUT2D eigenvalue weighted by Gasteiger charge is 2.10. The number of hydrogen-bond acceptors (Lipinski definition) is 4. The quantitative estimate of drug-likeness (QED) is 0.463. The van der Waals surface area contributed by atoms with Gasteiger partial charge in [0, 0.05) is 22.7 Å². The zero-order valence-corrected chi connectivity index (χ0v) is 15.3. The molecule has 6 heteroatoms. The van der Waals surface area contributed by atoms with E-state index in [1.165, 1.54) is 36.3 Å². The number of nitrogens with zero attached hydrogens (tertiary/aromatic N) is 1. The summed E-state index contributed by atoms with van der Waals surface area (Å²) in [6.45, 7) is 2.88. The van der Waals surface area contributed by atoms with Gasteiger partial charge >= 0.3 is 0 Å². The van der Waals surface area contributed by atoms with E-state index >= 15 is 0 Å².